The SMILES string of the molecule is O=C(O)c1ccc(O)c(O)c1.[Na]. The van der Waals surface area contributed by atoms with Crippen LogP contribution in [-0.4, -0.2) is 50.8 Å². The summed E-state index contributed by atoms with van der Waals surface area (Å²) in [6.45, 7) is 0. The fourth-order valence-corrected chi connectivity index (χ4v) is 0.656. The molecule has 1 aromatic rings. The number of carboxylic acid groups (broad SMARTS) is 1. The van der Waals surface area contributed by atoms with E-state index in [9.17, 15) is 4.79 Å². The van der Waals surface area contributed by atoms with E-state index in [0.29, 0.717) is 0 Å². The van der Waals surface area contributed by atoms with Crippen molar-refractivity contribution < 1.29 is 20.1 Å². The molecule has 0 heterocycles. The Morgan fingerprint density at radius 3 is 2.17 bits per heavy atom. The van der Waals surface area contributed by atoms with Crippen molar-refractivity contribution in [2.24, 2.45) is 0 Å². The number of aromatic carboxylic acids is 1. The molecule has 0 saturated heterocycles. The number of hydrogen-bond donors (Lipinski definition) is 3. The third kappa shape index (κ3) is 2.41. The predicted molar refractivity (Wildman–Crippen MR) is 42.5 cm³/mol. The Kier molecular flexibility index (Phi) is 4.09. The van der Waals surface area contributed by atoms with Crippen molar-refractivity contribution in [2.75, 3.05) is 0 Å². The molecule has 3 N–H and O–H groups in total. The van der Waals surface area contributed by atoms with E-state index in [1.165, 1.54) is 6.07 Å². The molecule has 0 bridgehead atoms. The van der Waals surface area contributed by atoms with E-state index < -0.39 is 11.7 Å². The second-order valence-electron chi connectivity index (χ2n) is 2.01. The first-order valence-electron chi connectivity index (χ1n) is 2.86. The van der Waals surface area contributed by atoms with Crippen LogP contribution in [-0.2, 0) is 0 Å². The van der Waals surface area contributed by atoms with Gasteiger partial charge in [-0.3, -0.25) is 0 Å². The summed E-state index contributed by atoms with van der Waals surface area (Å²) in [5, 5.41) is 26.0. The van der Waals surface area contributed by atoms with E-state index >= 15 is 0 Å². The summed E-state index contributed by atoms with van der Waals surface area (Å²) >= 11 is 0. The van der Waals surface area contributed by atoms with Crippen molar-refractivity contribution >= 4 is 35.5 Å². The Labute approximate surface area is 90.8 Å². The maximum absolute atomic E-state index is 10.3. The Bertz CT molecular complexity index is 297. The number of phenols is 2. The molecule has 1 aromatic carbocycles. The Morgan fingerprint density at radius 1 is 1.17 bits per heavy atom. The third-order valence-electron chi connectivity index (χ3n) is 1.22. The molecular formula is C7H6NaO4. The second-order valence-corrected chi connectivity index (χ2v) is 2.01. The molecule has 5 heteroatoms. The molecule has 4 nitrogen and oxygen atoms in total. The van der Waals surface area contributed by atoms with E-state index in [1.807, 2.05) is 0 Å². The molecule has 0 fully saturated rings. The smallest absolute Gasteiger partial charge is 0.335 e. The van der Waals surface area contributed by atoms with Gasteiger partial charge in [0.25, 0.3) is 0 Å². The second kappa shape index (κ2) is 4.35. The number of carboxylic acids is 1. The molecule has 0 spiro atoms. The third-order valence-corrected chi connectivity index (χ3v) is 1.22. The Hall–Kier alpha value is -0.710. The molecule has 1 rings (SSSR count). The fraction of sp³-hybridized carbons (Fsp3) is 0. The standard InChI is InChI=1S/C7H6O4.Na/c8-5-2-1-4(7(10)11)3-6(5)9;/h1-3,8-9H,(H,10,11);. The monoisotopic (exact) mass is 177 g/mol. The summed E-state index contributed by atoms with van der Waals surface area (Å²) in [7, 11) is 0. The molecule has 0 saturated carbocycles. The van der Waals surface area contributed by atoms with Crippen molar-refractivity contribution in [1.29, 1.82) is 0 Å². The molecule has 0 aliphatic carbocycles. The number of carbonyl (C=O) groups is 1. The van der Waals surface area contributed by atoms with Crippen LogP contribution in [0.5, 0.6) is 11.5 Å². The Balaban J connectivity index is 0.00000121. The first kappa shape index (κ1) is 11.3. The van der Waals surface area contributed by atoms with E-state index in [2.05, 4.69) is 0 Å². The molecular weight excluding hydrogens is 171 g/mol. The number of aromatic hydroxyl groups is 2. The van der Waals surface area contributed by atoms with Gasteiger partial charge in [-0.2, -0.15) is 0 Å². The van der Waals surface area contributed by atoms with Crippen LogP contribution in [0.25, 0.3) is 0 Å². The van der Waals surface area contributed by atoms with E-state index in [-0.39, 0.29) is 40.9 Å². The van der Waals surface area contributed by atoms with Crippen LogP contribution < -0.4 is 0 Å². The van der Waals surface area contributed by atoms with Gasteiger partial charge < -0.3 is 15.3 Å². The van der Waals surface area contributed by atoms with Gasteiger partial charge in [0.15, 0.2) is 11.5 Å². The summed E-state index contributed by atoms with van der Waals surface area (Å²) in [5.74, 6) is -1.89. The van der Waals surface area contributed by atoms with Gasteiger partial charge in [-0.05, 0) is 18.2 Å². The average molecular weight is 177 g/mol. The topological polar surface area (TPSA) is 77.8 Å². The molecule has 0 amide bonds. The largest absolute Gasteiger partial charge is 0.504 e. The van der Waals surface area contributed by atoms with Gasteiger partial charge in [0.2, 0.25) is 0 Å². The van der Waals surface area contributed by atoms with Crippen LogP contribution in [0.4, 0.5) is 0 Å². The van der Waals surface area contributed by atoms with Gasteiger partial charge in [0.1, 0.15) is 0 Å². The molecule has 0 aliphatic rings. The first-order valence-corrected chi connectivity index (χ1v) is 2.86. The predicted octanol–water partition coefficient (Wildman–Crippen LogP) is 0.415. The zero-order valence-electron chi connectivity index (χ0n) is 6.48. The van der Waals surface area contributed by atoms with Crippen molar-refractivity contribution in [3.05, 3.63) is 23.8 Å². The summed E-state index contributed by atoms with van der Waals surface area (Å²) in [5.41, 5.74) is -0.0553. The number of hydrogen-bond acceptors (Lipinski definition) is 3. The number of benzene rings is 1. The van der Waals surface area contributed by atoms with E-state index in [4.69, 9.17) is 15.3 Å². The minimum absolute atomic E-state index is 0. The van der Waals surface area contributed by atoms with Crippen molar-refractivity contribution in [3.63, 3.8) is 0 Å². The summed E-state index contributed by atoms with van der Waals surface area (Å²) in [4.78, 5) is 10.3. The van der Waals surface area contributed by atoms with Gasteiger partial charge in [-0.15, -0.1) is 0 Å². The van der Waals surface area contributed by atoms with Crippen LogP contribution in [0.3, 0.4) is 0 Å². The van der Waals surface area contributed by atoms with Gasteiger partial charge >= 0.3 is 5.97 Å². The van der Waals surface area contributed by atoms with Gasteiger partial charge in [0.05, 0.1) is 5.56 Å². The van der Waals surface area contributed by atoms with Crippen LogP contribution in [0.15, 0.2) is 18.2 Å². The van der Waals surface area contributed by atoms with Gasteiger partial charge in [-0.1, -0.05) is 0 Å². The minimum Gasteiger partial charge on any atom is -0.504 e. The summed E-state index contributed by atoms with van der Waals surface area (Å²) in [6.07, 6.45) is 0. The van der Waals surface area contributed by atoms with E-state index in [0.717, 1.165) is 12.1 Å². The zero-order valence-corrected chi connectivity index (χ0v) is 8.48. The zero-order chi connectivity index (χ0) is 8.43. The number of rotatable bonds is 1. The van der Waals surface area contributed by atoms with Crippen molar-refractivity contribution in [1.82, 2.24) is 0 Å². The van der Waals surface area contributed by atoms with E-state index in [1.54, 1.807) is 0 Å². The average Bonchev–Trinajstić information content (AvgIpc) is 1.94. The summed E-state index contributed by atoms with van der Waals surface area (Å²) in [6, 6.07) is 3.31. The van der Waals surface area contributed by atoms with Crippen LogP contribution >= 0.6 is 0 Å². The van der Waals surface area contributed by atoms with Gasteiger partial charge in [-0.25, -0.2) is 4.79 Å². The molecule has 0 atom stereocenters. The fourth-order valence-electron chi connectivity index (χ4n) is 0.656. The normalized spacial score (nSPS) is 8.67. The Morgan fingerprint density at radius 2 is 1.75 bits per heavy atom. The molecule has 0 aliphatic heterocycles. The first-order chi connectivity index (χ1) is 5.11. The molecule has 0 unspecified atom stereocenters. The van der Waals surface area contributed by atoms with Crippen LogP contribution in [0.2, 0.25) is 0 Å². The molecule has 0 aromatic heterocycles. The quantitative estimate of drug-likeness (QED) is 0.429. The van der Waals surface area contributed by atoms with Gasteiger partial charge in [0, 0.05) is 29.6 Å². The number of phenolic OH excluding ortho intramolecular Hbond substituents is 2. The maximum Gasteiger partial charge on any atom is 0.335 e. The molecule has 59 valence electrons. The van der Waals surface area contributed by atoms with Crippen molar-refractivity contribution in [3.8, 4) is 11.5 Å². The van der Waals surface area contributed by atoms with Crippen LogP contribution in [0, 0.1) is 0 Å². The molecule has 12 heavy (non-hydrogen) atoms. The van der Waals surface area contributed by atoms with Crippen LogP contribution in [0.1, 0.15) is 10.4 Å². The minimum atomic E-state index is -1.14. The molecule has 1 radical (unpaired) electrons. The summed E-state index contributed by atoms with van der Waals surface area (Å²) < 4.78 is 0. The maximum atomic E-state index is 10.3. The van der Waals surface area contributed by atoms with Crippen molar-refractivity contribution in [2.45, 2.75) is 0 Å².